The van der Waals surface area contributed by atoms with Crippen LogP contribution in [0.25, 0.3) is 0 Å². The Morgan fingerprint density at radius 1 is 1.08 bits per heavy atom. The zero-order valence-electron chi connectivity index (χ0n) is 14.5. The Kier molecular flexibility index (Phi) is 7.82. The number of rotatable bonds is 9. The fourth-order valence-corrected chi connectivity index (χ4v) is 2.23. The second-order valence-electron chi connectivity index (χ2n) is 5.24. The maximum Gasteiger partial charge on any atom is 0.303 e. The van der Waals surface area contributed by atoms with E-state index in [9.17, 15) is 9.59 Å². The number of hydrogen-bond acceptors (Lipinski definition) is 6. The molecule has 0 aliphatic carbocycles. The SMILES string of the molecule is C=CC[C@@H](OC(C)=O)[C@H](OC(C)=O)[C@@H](C)Oc1ccc(OC)cc1. The molecular weight excluding hydrogens is 312 g/mol. The van der Waals surface area contributed by atoms with Gasteiger partial charge in [-0.25, -0.2) is 0 Å². The van der Waals surface area contributed by atoms with Crippen molar-refractivity contribution in [2.24, 2.45) is 0 Å². The summed E-state index contributed by atoms with van der Waals surface area (Å²) in [5.74, 6) is 0.346. The van der Waals surface area contributed by atoms with Crippen molar-refractivity contribution in [1.82, 2.24) is 0 Å². The average molecular weight is 336 g/mol. The number of hydrogen-bond donors (Lipinski definition) is 0. The van der Waals surface area contributed by atoms with Gasteiger partial charge in [0.2, 0.25) is 0 Å². The van der Waals surface area contributed by atoms with Gasteiger partial charge in [0.25, 0.3) is 0 Å². The van der Waals surface area contributed by atoms with Gasteiger partial charge in [-0.1, -0.05) is 6.08 Å². The van der Waals surface area contributed by atoms with Crippen LogP contribution in [0, 0.1) is 0 Å². The largest absolute Gasteiger partial charge is 0.497 e. The second-order valence-corrected chi connectivity index (χ2v) is 5.24. The molecule has 0 saturated carbocycles. The first kappa shape index (κ1) is 19.5. The van der Waals surface area contributed by atoms with Gasteiger partial charge in [0.15, 0.2) is 6.10 Å². The van der Waals surface area contributed by atoms with Crippen molar-refractivity contribution in [1.29, 1.82) is 0 Å². The maximum absolute atomic E-state index is 11.4. The van der Waals surface area contributed by atoms with Gasteiger partial charge in [-0.2, -0.15) is 0 Å². The lowest BCUT2D eigenvalue weighted by Gasteiger charge is -2.30. The molecule has 0 spiro atoms. The minimum Gasteiger partial charge on any atom is -0.497 e. The van der Waals surface area contributed by atoms with Crippen LogP contribution in [0.4, 0.5) is 0 Å². The lowest BCUT2D eigenvalue weighted by molar-refractivity contribution is -0.172. The highest BCUT2D eigenvalue weighted by atomic mass is 16.6. The first-order valence-corrected chi connectivity index (χ1v) is 7.63. The van der Waals surface area contributed by atoms with Crippen LogP contribution in [-0.2, 0) is 19.1 Å². The Morgan fingerprint density at radius 2 is 1.62 bits per heavy atom. The van der Waals surface area contributed by atoms with E-state index in [0.29, 0.717) is 17.9 Å². The van der Waals surface area contributed by atoms with Crippen molar-refractivity contribution in [3.8, 4) is 11.5 Å². The molecule has 0 unspecified atom stereocenters. The van der Waals surface area contributed by atoms with Crippen molar-refractivity contribution < 1.29 is 28.5 Å². The van der Waals surface area contributed by atoms with E-state index in [1.165, 1.54) is 13.8 Å². The van der Waals surface area contributed by atoms with Crippen LogP contribution in [0.1, 0.15) is 27.2 Å². The summed E-state index contributed by atoms with van der Waals surface area (Å²) in [6, 6.07) is 7.01. The zero-order chi connectivity index (χ0) is 18.1. The Bertz CT molecular complexity index is 551. The summed E-state index contributed by atoms with van der Waals surface area (Å²) >= 11 is 0. The van der Waals surface area contributed by atoms with Crippen LogP contribution in [0.5, 0.6) is 11.5 Å². The van der Waals surface area contributed by atoms with Gasteiger partial charge >= 0.3 is 11.9 Å². The first-order valence-electron chi connectivity index (χ1n) is 7.63. The molecule has 0 fully saturated rings. The van der Waals surface area contributed by atoms with E-state index in [-0.39, 0.29) is 0 Å². The van der Waals surface area contributed by atoms with Crippen LogP contribution < -0.4 is 9.47 Å². The Morgan fingerprint density at radius 3 is 2.08 bits per heavy atom. The molecule has 3 atom stereocenters. The molecule has 0 aliphatic heterocycles. The third-order valence-corrected chi connectivity index (χ3v) is 3.23. The normalized spacial score (nSPS) is 14.0. The van der Waals surface area contributed by atoms with Gasteiger partial charge < -0.3 is 18.9 Å². The summed E-state index contributed by atoms with van der Waals surface area (Å²) in [7, 11) is 1.58. The van der Waals surface area contributed by atoms with Gasteiger partial charge in [-0.15, -0.1) is 6.58 Å². The van der Waals surface area contributed by atoms with E-state index in [1.807, 2.05) is 0 Å². The van der Waals surface area contributed by atoms with E-state index in [4.69, 9.17) is 18.9 Å². The molecule has 0 heterocycles. The lowest BCUT2D eigenvalue weighted by atomic mass is 10.1. The number of methoxy groups -OCH3 is 1. The monoisotopic (exact) mass is 336 g/mol. The summed E-state index contributed by atoms with van der Waals surface area (Å²) < 4.78 is 21.5. The number of esters is 2. The minimum atomic E-state index is -0.758. The summed E-state index contributed by atoms with van der Waals surface area (Å²) in [5, 5.41) is 0. The molecule has 6 nitrogen and oxygen atoms in total. The molecular formula is C18H24O6. The average Bonchev–Trinajstić information content (AvgIpc) is 2.52. The Balaban J connectivity index is 2.92. The molecule has 132 valence electrons. The molecule has 0 aromatic heterocycles. The van der Waals surface area contributed by atoms with E-state index >= 15 is 0 Å². The highest BCUT2D eigenvalue weighted by Crippen LogP contribution is 2.22. The molecule has 0 amide bonds. The number of benzene rings is 1. The van der Waals surface area contributed by atoms with Crippen LogP contribution in [-0.4, -0.2) is 37.4 Å². The number of carbonyl (C=O) groups is 2. The zero-order valence-corrected chi connectivity index (χ0v) is 14.5. The van der Waals surface area contributed by atoms with Gasteiger partial charge in [-0.05, 0) is 31.2 Å². The molecule has 0 aliphatic rings. The second kappa shape index (κ2) is 9.60. The molecule has 0 N–H and O–H groups in total. The summed E-state index contributed by atoms with van der Waals surface area (Å²) in [5.41, 5.74) is 0. The summed E-state index contributed by atoms with van der Waals surface area (Å²) in [6.45, 7) is 7.99. The van der Waals surface area contributed by atoms with E-state index in [2.05, 4.69) is 6.58 Å². The van der Waals surface area contributed by atoms with Crippen molar-refractivity contribution in [3.05, 3.63) is 36.9 Å². The predicted molar refractivity (Wildman–Crippen MR) is 89.0 cm³/mol. The standard InChI is InChI=1S/C18H24O6/c1-6-7-17(23-13(3)19)18(24-14(4)20)12(2)22-16-10-8-15(21-5)9-11-16/h6,8-12,17-18H,1,7H2,2-5H3/t12-,17-,18-/m1/s1. The van der Waals surface area contributed by atoms with Gasteiger partial charge in [0, 0.05) is 20.3 Å². The molecule has 0 bridgehead atoms. The fourth-order valence-electron chi connectivity index (χ4n) is 2.23. The minimum absolute atomic E-state index is 0.341. The van der Waals surface area contributed by atoms with Gasteiger partial charge in [0.1, 0.15) is 23.7 Å². The number of ether oxygens (including phenoxy) is 4. The van der Waals surface area contributed by atoms with Crippen LogP contribution >= 0.6 is 0 Å². The van der Waals surface area contributed by atoms with Gasteiger partial charge in [0.05, 0.1) is 7.11 Å². The lowest BCUT2D eigenvalue weighted by Crippen LogP contribution is -2.44. The molecule has 6 heteroatoms. The van der Waals surface area contributed by atoms with E-state index in [0.717, 1.165) is 0 Å². The highest BCUT2D eigenvalue weighted by molar-refractivity contribution is 5.67. The fraction of sp³-hybridized carbons (Fsp3) is 0.444. The highest BCUT2D eigenvalue weighted by Gasteiger charge is 2.33. The van der Waals surface area contributed by atoms with Crippen molar-refractivity contribution in [2.45, 2.75) is 45.5 Å². The van der Waals surface area contributed by atoms with Gasteiger partial charge in [-0.3, -0.25) is 9.59 Å². The van der Waals surface area contributed by atoms with E-state index < -0.39 is 30.3 Å². The molecule has 1 aromatic rings. The molecule has 0 saturated heterocycles. The van der Waals surface area contributed by atoms with Crippen LogP contribution in [0.3, 0.4) is 0 Å². The van der Waals surface area contributed by atoms with Crippen molar-refractivity contribution in [2.75, 3.05) is 7.11 Å². The first-order chi connectivity index (χ1) is 11.4. The summed E-state index contributed by atoms with van der Waals surface area (Å²) in [6.07, 6.45) is -0.0202. The topological polar surface area (TPSA) is 71.1 Å². The predicted octanol–water partition coefficient (Wildman–Crippen LogP) is 2.90. The van der Waals surface area contributed by atoms with Crippen LogP contribution in [0.2, 0.25) is 0 Å². The molecule has 0 radical (unpaired) electrons. The third-order valence-electron chi connectivity index (χ3n) is 3.23. The molecule has 1 aromatic carbocycles. The van der Waals surface area contributed by atoms with E-state index in [1.54, 1.807) is 44.4 Å². The summed E-state index contributed by atoms with van der Waals surface area (Å²) in [4.78, 5) is 22.7. The maximum atomic E-state index is 11.4. The van der Waals surface area contributed by atoms with Crippen molar-refractivity contribution in [3.63, 3.8) is 0 Å². The Hall–Kier alpha value is -2.50. The van der Waals surface area contributed by atoms with Crippen LogP contribution in [0.15, 0.2) is 36.9 Å². The third kappa shape index (κ3) is 6.32. The molecule has 1 rings (SSSR count). The Labute approximate surface area is 142 Å². The number of carbonyl (C=O) groups excluding carboxylic acids is 2. The quantitative estimate of drug-likeness (QED) is 0.510. The smallest absolute Gasteiger partial charge is 0.303 e. The van der Waals surface area contributed by atoms with Crippen molar-refractivity contribution >= 4 is 11.9 Å². The molecule has 24 heavy (non-hydrogen) atoms.